The Balaban J connectivity index is 1.92. The second-order valence-corrected chi connectivity index (χ2v) is 6.95. The van der Waals surface area contributed by atoms with Crippen LogP contribution in [0.1, 0.15) is 30.5 Å². The standard InChI is InChI=1S/C22H27ClN2O4/c1-5-28-18-8-7-16(13-19(18)29-6-2)9-10-24-21(26)22(27)25-20-15(4)11-14(3)12-17(20)23/h7-8,11-13H,5-6,9-10H2,1-4H3,(H,24,26)(H,25,27). The molecule has 2 amide bonds. The largest absolute Gasteiger partial charge is 0.490 e. The summed E-state index contributed by atoms with van der Waals surface area (Å²) >= 11 is 6.18. The van der Waals surface area contributed by atoms with Crippen LogP contribution in [0, 0.1) is 13.8 Å². The molecule has 0 spiro atoms. The van der Waals surface area contributed by atoms with Gasteiger partial charge in [0, 0.05) is 6.54 Å². The highest BCUT2D eigenvalue weighted by Gasteiger charge is 2.16. The summed E-state index contributed by atoms with van der Waals surface area (Å²) in [6.07, 6.45) is 0.551. The molecule has 0 aliphatic rings. The predicted molar refractivity (Wildman–Crippen MR) is 115 cm³/mol. The lowest BCUT2D eigenvalue weighted by Crippen LogP contribution is -2.36. The molecule has 0 radical (unpaired) electrons. The van der Waals surface area contributed by atoms with Gasteiger partial charge in [0.2, 0.25) is 0 Å². The maximum atomic E-state index is 12.2. The molecule has 0 aliphatic heterocycles. The number of nitrogens with one attached hydrogen (secondary N) is 2. The second kappa shape index (κ2) is 10.7. The van der Waals surface area contributed by atoms with Gasteiger partial charge in [-0.1, -0.05) is 23.7 Å². The Morgan fingerprint density at radius 2 is 1.66 bits per heavy atom. The summed E-state index contributed by atoms with van der Waals surface area (Å²) in [6, 6.07) is 9.27. The first-order valence-electron chi connectivity index (χ1n) is 9.60. The van der Waals surface area contributed by atoms with Crippen LogP contribution < -0.4 is 20.1 Å². The van der Waals surface area contributed by atoms with Crippen LogP contribution in [0.4, 0.5) is 5.69 Å². The molecule has 0 saturated carbocycles. The SMILES string of the molecule is CCOc1ccc(CCNC(=O)C(=O)Nc2c(C)cc(C)cc2Cl)cc1OCC. The smallest absolute Gasteiger partial charge is 0.313 e. The maximum absolute atomic E-state index is 12.2. The summed E-state index contributed by atoms with van der Waals surface area (Å²) in [5.41, 5.74) is 3.20. The van der Waals surface area contributed by atoms with Gasteiger partial charge in [-0.2, -0.15) is 0 Å². The van der Waals surface area contributed by atoms with E-state index >= 15 is 0 Å². The third-order valence-electron chi connectivity index (χ3n) is 4.18. The van der Waals surface area contributed by atoms with Crippen molar-refractivity contribution in [2.24, 2.45) is 0 Å². The molecular formula is C22H27ClN2O4. The normalized spacial score (nSPS) is 10.4. The van der Waals surface area contributed by atoms with E-state index in [-0.39, 0.29) is 0 Å². The Bertz CT molecular complexity index is 860. The van der Waals surface area contributed by atoms with E-state index in [1.165, 1.54) is 0 Å². The highest BCUT2D eigenvalue weighted by Crippen LogP contribution is 2.29. The Morgan fingerprint density at radius 3 is 2.31 bits per heavy atom. The molecule has 0 unspecified atom stereocenters. The molecule has 6 nitrogen and oxygen atoms in total. The predicted octanol–water partition coefficient (Wildman–Crippen LogP) is 4.05. The molecule has 29 heavy (non-hydrogen) atoms. The van der Waals surface area contributed by atoms with Crippen molar-refractivity contribution in [1.29, 1.82) is 0 Å². The van der Waals surface area contributed by atoms with Gasteiger partial charge >= 0.3 is 11.8 Å². The molecule has 2 aromatic rings. The van der Waals surface area contributed by atoms with Gasteiger partial charge in [0.05, 0.1) is 23.9 Å². The molecule has 2 rings (SSSR count). The van der Waals surface area contributed by atoms with Gasteiger partial charge in [-0.05, 0) is 69.0 Å². The number of hydrogen-bond acceptors (Lipinski definition) is 4. The molecule has 0 bridgehead atoms. The van der Waals surface area contributed by atoms with Crippen molar-refractivity contribution in [3.63, 3.8) is 0 Å². The number of benzene rings is 2. The minimum Gasteiger partial charge on any atom is -0.490 e. The number of amides is 2. The Labute approximate surface area is 176 Å². The van der Waals surface area contributed by atoms with Gasteiger partial charge < -0.3 is 20.1 Å². The van der Waals surface area contributed by atoms with Crippen molar-refractivity contribution in [1.82, 2.24) is 5.32 Å². The fourth-order valence-corrected chi connectivity index (χ4v) is 3.26. The van der Waals surface area contributed by atoms with Gasteiger partial charge in [0.25, 0.3) is 0 Å². The molecule has 156 valence electrons. The van der Waals surface area contributed by atoms with E-state index in [0.717, 1.165) is 16.7 Å². The first kappa shape index (κ1) is 22.6. The molecule has 0 heterocycles. The van der Waals surface area contributed by atoms with Crippen LogP contribution in [-0.2, 0) is 16.0 Å². The van der Waals surface area contributed by atoms with Crippen molar-refractivity contribution in [2.75, 3.05) is 25.1 Å². The van der Waals surface area contributed by atoms with Gasteiger partial charge in [-0.15, -0.1) is 0 Å². The molecule has 7 heteroatoms. The van der Waals surface area contributed by atoms with Crippen LogP contribution in [0.25, 0.3) is 0 Å². The molecular weight excluding hydrogens is 392 g/mol. The van der Waals surface area contributed by atoms with Gasteiger partial charge in [0.1, 0.15) is 0 Å². The summed E-state index contributed by atoms with van der Waals surface area (Å²) < 4.78 is 11.1. The zero-order valence-electron chi connectivity index (χ0n) is 17.2. The fraction of sp³-hybridized carbons (Fsp3) is 0.364. The summed E-state index contributed by atoms with van der Waals surface area (Å²) in [5.74, 6) is -0.107. The first-order valence-corrected chi connectivity index (χ1v) is 9.97. The molecule has 0 aliphatic carbocycles. The zero-order chi connectivity index (χ0) is 21.4. The van der Waals surface area contributed by atoms with Crippen LogP contribution in [0.15, 0.2) is 30.3 Å². The van der Waals surface area contributed by atoms with Crippen molar-refractivity contribution in [3.05, 3.63) is 52.0 Å². The van der Waals surface area contributed by atoms with E-state index in [0.29, 0.717) is 48.4 Å². The molecule has 0 fully saturated rings. The summed E-state index contributed by atoms with van der Waals surface area (Å²) in [6.45, 7) is 8.95. The lowest BCUT2D eigenvalue weighted by Gasteiger charge is -2.13. The van der Waals surface area contributed by atoms with Crippen LogP contribution in [0.5, 0.6) is 11.5 Å². The van der Waals surface area contributed by atoms with E-state index in [4.69, 9.17) is 21.1 Å². The third-order valence-corrected chi connectivity index (χ3v) is 4.48. The summed E-state index contributed by atoms with van der Waals surface area (Å²) in [4.78, 5) is 24.3. The van der Waals surface area contributed by atoms with Crippen LogP contribution >= 0.6 is 11.6 Å². The van der Waals surface area contributed by atoms with Crippen molar-refractivity contribution in [3.8, 4) is 11.5 Å². The Hall–Kier alpha value is -2.73. The number of carbonyl (C=O) groups excluding carboxylic acids is 2. The highest BCUT2D eigenvalue weighted by atomic mass is 35.5. The number of aryl methyl sites for hydroxylation is 2. The molecule has 2 N–H and O–H groups in total. The van der Waals surface area contributed by atoms with Crippen LogP contribution in [0.3, 0.4) is 0 Å². The van der Waals surface area contributed by atoms with Crippen molar-refractivity contribution >= 4 is 29.1 Å². The number of hydrogen-bond donors (Lipinski definition) is 2. The lowest BCUT2D eigenvalue weighted by atomic mass is 10.1. The average molecular weight is 419 g/mol. The van der Waals surface area contributed by atoms with E-state index in [2.05, 4.69) is 10.6 Å². The van der Waals surface area contributed by atoms with Gasteiger partial charge in [-0.3, -0.25) is 9.59 Å². The number of ether oxygens (including phenoxy) is 2. The quantitative estimate of drug-likeness (QED) is 0.634. The number of rotatable bonds is 8. The van der Waals surface area contributed by atoms with Crippen molar-refractivity contribution < 1.29 is 19.1 Å². The van der Waals surface area contributed by atoms with Crippen LogP contribution in [0.2, 0.25) is 5.02 Å². The Kier molecular flexibility index (Phi) is 8.34. The van der Waals surface area contributed by atoms with E-state index < -0.39 is 11.8 Å². The Morgan fingerprint density at radius 1 is 0.966 bits per heavy atom. The fourth-order valence-electron chi connectivity index (χ4n) is 2.90. The van der Waals surface area contributed by atoms with E-state index in [9.17, 15) is 9.59 Å². The maximum Gasteiger partial charge on any atom is 0.313 e. The zero-order valence-corrected chi connectivity index (χ0v) is 18.0. The van der Waals surface area contributed by atoms with Gasteiger partial charge in [-0.25, -0.2) is 0 Å². The van der Waals surface area contributed by atoms with Crippen molar-refractivity contribution in [2.45, 2.75) is 34.1 Å². The molecule has 2 aromatic carbocycles. The van der Waals surface area contributed by atoms with E-state index in [1.807, 2.05) is 52.0 Å². The summed E-state index contributed by atoms with van der Waals surface area (Å²) in [7, 11) is 0. The second-order valence-electron chi connectivity index (χ2n) is 6.55. The average Bonchev–Trinajstić information content (AvgIpc) is 2.66. The van der Waals surface area contributed by atoms with E-state index in [1.54, 1.807) is 6.07 Å². The topological polar surface area (TPSA) is 76.7 Å². The monoisotopic (exact) mass is 418 g/mol. The van der Waals surface area contributed by atoms with Crippen LogP contribution in [-0.4, -0.2) is 31.6 Å². The lowest BCUT2D eigenvalue weighted by molar-refractivity contribution is -0.136. The van der Waals surface area contributed by atoms with Gasteiger partial charge in [0.15, 0.2) is 11.5 Å². The highest BCUT2D eigenvalue weighted by molar-refractivity contribution is 6.41. The first-order chi connectivity index (χ1) is 13.8. The number of carbonyl (C=O) groups is 2. The number of anilines is 1. The molecule has 0 atom stereocenters. The minimum atomic E-state index is -0.749. The third kappa shape index (κ3) is 6.39. The number of halogens is 1. The minimum absolute atomic E-state index is 0.312. The summed E-state index contributed by atoms with van der Waals surface area (Å²) in [5, 5.41) is 5.61. The molecule has 0 saturated heterocycles. The molecule has 0 aromatic heterocycles.